The van der Waals surface area contributed by atoms with Gasteiger partial charge < -0.3 is 15.1 Å². The van der Waals surface area contributed by atoms with Gasteiger partial charge in [-0.2, -0.15) is 0 Å². The maximum atomic E-state index is 13.8. The average molecular weight is 276 g/mol. The SMILES string of the molecule is NS(=O)(=O)c1ccc(N2CC(O)C(O)C2)c(F)c1. The van der Waals surface area contributed by atoms with Crippen molar-refractivity contribution in [1.29, 1.82) is 0 Å². The zero-order valence-corrected chi connectivity index (χ0v) is 10.1. The largest absolute Gasteiger partial charge is 0.389 e. The van der Waals surface area contributed by atoms with Gasteiger partial charge >= 0.3 is 0 Å². The highest BCUT2D eigenvalue weighted by molar-refractivity contribution is 7.89. The van der Waals surface area contributed by atoms with Crippen LogP contribution in [-0.2, 0) is 10.0 Å². The van der Waals surface area contributed by atoms with Crippen LogP contribution in [-0.4, -0.2) is 43.9 Å². The minimum atomic E-state index is -3.94. The van der Waals surface area contributed by atoms with Gasteiger partial charge in [0.05, 0.1) is 22.8 Å². The molecule has 0 aliphatic carbocycles. The molecule has 4 N–H and O–H groups in total. The third-order valence-corrected chi connectivity index (χ3v) is 3.76. The molecule has 0 bridgehead atoms. The van der Waals surface area contributed by atoms with E-state index in [1.54, 1.807) is 0 Å². The topological polar surface area (TPSA) is 104 Å². The van der Waals surface area contributed by atoms with Crippen LogP contribution in [0, 0.1) is 5.82 Å². The van der Waals surface area contributed by atoms with Gasteiger partial charge in [0.2, 0.25) is 10.0 Å². The molecule has 0 spiro atoms. The number of sulfonamides is 1. The smallest absolute Gasteiger partial charge is 0.238 e. The summed E-state index contributed by atoms with van der Waals surface area (Å²) in [6, 6.07) is 3.27. The number of rotatable bonds is 2. The summed E-state index contributed by atoms with van der Waals surface area (Å²) < 4.78 is 35.8. The number of hydrogen-bond donors (Lipinski definition) is 3. The lowest BCUT2D eigenvalue weighted by Gasteiger charge is -2.18. The van der Waals surface area contributed by atoms with Crippen molar-refractivity contribution in [3.63, 3.8) is 0 Å². The number of benzene rings is 1. The van der Waals surface area contributed by atoms with E-state index >= 15 is 0 Å². The van der Waals surface area contributed by atoms with E-state index in [0.29, 0.717) is 0 Å². The van der Waals surface area contributed by atoms with Gasteiger partial charge in [-0.25, -0.2) is 17.9 Å². The number of β-amino-alcohol motifs (C(OH)–C–C–N with tert-alkyl or cyclic N) is 2. The maximum absolute atomic E-state index is 13.8. The van der Waals surface area contributed by atoms with Gasteiger partial charge in [-0.15, -0.1) is 0 Å². The van der Waals surface area contributed by atoms with E-state index in [-0.39, 0.29) is 23.7 Å². The number of primary sulfonamides is 1. The van der Waals surface area contributed by atoms with Crippen molar-refractivity contribution < 1.29 is 23.0 Å². The molecule has 1 aliphatic rings. The molecule has 1 heterocycles. The van der Waals surface area contributed by atoms with E-state index in [4.69, 9.17) is 5.14 Å². The average Bonchev–Trinajstić information content (AvgIpc) is 2.57. The highest BCUT2D eigenvalue weighted by atomic mass is 32.2. The molecule has 100 valence electrons. The molecule has 1 aromatic carbocycles. The van der Waals surface area contributed by atoms with Crippen LogP contribution in [0.3, 0.4) is 0 Å². The Morgan fingerprint density at radius 3 is 2.28 bits per heavy atom. The molecule has 1 aromatic rings. The first-order valence-corrected chi connectivity index (χ1v) is 6.77. The molecule has 6 nitrogen and oxygen atoms in total. The highest BCUT2D eigenvalue weighted by Crippen LogP contribution is 2.25. The van der Waals surface area contributed by atoms with E-state index in [9.17, 15) is 23.0 Å². The summed E-state index contributed by atoms with van der Waals surface area (Å²) >= 11 is 0. The lowest BCUT2D eigenvalue weighted by molar-refractivity contribution is 0.0572. The van der Waals surface area contributed by atoms with Crippen molar-refractivity contribution in [2.24, 2.45) is 5.14 Å². The van der Waals surface area contributed by atoms with Crippen molar-refractivity contribution in [3.8, 4) is 0 Å². The van der Waals surface area contributed by atoms with Crippen molar-refractivity contribution >= 4 is 15.7 Å². The molecule has 0 aromatic heterocycles. The molecule has 0 amide bonds. The van der Waals surface area contributed by atoms with Gasteiger partial charge in [0.25, 0.3) is 0 Å². The molecule has 1 saturated heterocycles. The molecule has 0 radical (unpaired) electrons. The molecule has 2 unspecified atom stereocenters. The first-order chi connectivity index (χ1) is 8.29. The van der Waals surface area contributed by atoms with Crippen molar-refractivity contribution in [2.75, 3.05) is 18.0 Å². The molecule has 2 rings (SSSR count). The number of hydrogen-bond acceptors (Lipinski definition) is 5. The first-order valence-electron chi connectivity index (χ1n) is 5.22. The van der Waals surface area contributed by atoms with Gasteiger partial charge in [0, 0.05) is 13.1 Å². The van der Waals surface area contributed by atoms with Crippen LogP contribution in [0.25, 0.3) is 0 Å². The third-order valence-electron chi connectivity index (χ3n) is 2.85. The van der Waals surface area contributed by atoms with Crippen LogP contribution < -0.4 is 10.0 Å². The molecule has 0 saturated carbocycles. The summed E-state index contributed by atoms with van der Waals surface area (Å²) in [5.41, 5.74) is 0.123. The Labute approximate surface area is 103 Å². The van der Waals surface area contributed by atoms with E-state index in [1.807, 2.05) is 0 Å². The fraction of sp³-hybridized carbons (Fsp3) is 0.400. The standard InChI is InChI=1S/C10H13FN2O4S/c11-7-3-6(18(12,16)17)1-2-8(7)13-4-9(14)10(15)5-13/h1-3,9-10,14-15H,4-5H2,(H2,12,16,17). The Kier molecular flexibility index (Phi) is 3.28. The van der Waals surface area contributed by atoms with Gasteiger partial charge in [-0.05, 0) is 18.2 Å². The number of aliphatic hydroxyl groups excluding tert-OH is 2. The molecular weight excluding hydrogens is 263 g/mol. The Morgan fingerprint density at radius 1 is 1.28 bits per heavy atom. The van der Waals surface area contributed by atoms with Crippen LogP contribution in [0.5, 0.6) is 0 Å². The normalized spacial score (nSPS) is 24.6. The molecule has 18 heavy (non-hydrogen) atoms. The Bertz CT molecular complexity index is 553. The van der Waals surface area contributed by atoms with Crippen molar-refractivity contribution in [2.45, 2.75) is 17.1 Å². The Balaban J connectivity index is 2.32. The van der Waals surface area contributed by atoms with Crippen molar-refractivity contribution in [1.82, 2.24) is 0 Å². The minimum Gasteiger partial charge on any atom is -0.389 e. The van der Waals surface area contributed by atoms with Crippen LogP contribution >= 0.6 is 0 Å². The fourth-order valence-corrected chi connectivity index (χ4v) is 2.41. The van der Waals surface area contributed by atoms with E-state index < -0.39 is 28.0 Å². The van der Waals surface area contributed by atoms with Crippen LogP contribution in [0.2, 0.25) is 0 Å². The number of anilines is 1. The first kappa shape index (κ1) is 13.2. The van der Waals surface area contributed by atoms with Gasteiger partial charge in [-0.3, -0.25) is 0 Å². The number of nitrogens with zero attached hydrogens (tertiary/aromatic N) is 1. The second-order valence-corrected chi connectivity index (χ2v) is 5.76. The lowest BCUT2D eigenvalue weighted by Crippen LogP contribution is -2.22. The molecule has 1 fully saturated rings. The minimum absolute atomic E-state index is 0.0901. The molecular formula is C10H13FN2O4S. The summed E-state index contributed by atoms with van der Waals surface area (Å²) in [5.74, 6) is -0.761. The number of halogens is 1. The third kappa shape index (κ3) is 2.46. The monoisotopic (exact) mass is 276 g/mol. The van der Waals surface area contributed by atoms with Crippen LogP contribution in [0.1, 0.15) is 0 Å². The zero-order valence-electron chi connectivity index (χ0n) is 9.32. The van der Waals surface area contributed by atoms with Gasteiger partial charge in [0.1, 0.15) is 5.82 Å². The quantitative estimate of drug-likeness (QED) is 0.644. The maximum Gasteiger partial charge on any atom is 0.238 e. The molecule has 1 aliphatic heterocycles. The van der Waals surface area contributed by atoms with Gasteiger partial charge in [-0.1, -0.05) is 0 Å². The molecule has 2 atom stereocenters. The highest BCUT2D eigenvalue weighted by Gasteiger charge is 2.31. The van der Waals surface area contributed by atoms with E-state index in [0.717, 1.165) is 6.07 Å². The van der Waals surface area contributed by atoms with Crippen LogP contribution in [0.15, 0.2) is 23.1 Å². The summed E-state index contributed by atoms with van der Waals surface area (Å²) in [5, 5.41) is 23.6. The van der Waals surface area contributed by atoms with Crippen molar-refractivity contribution in [3.05, 3.63) is 24.0 Å². The Morgan fingerprint density at radius 2 is 1.83 bits per heavy atom. The fourth-order valence-electron chi connectivity index (χ4n) is 1.89. The summed E-state index contributed by atoms with van der Waals surface area (Å²) in [6.45, 7) is 0.180. The van der Waals surface area contributed by atoms with E-state index in [2.05, 4.69) is 0 Å². The summed E-state index contributed by atoms with van der Waals surface area (Å²) in [7, 11) is -3.94. The number of aliphatic hydroxyl groups is 2. The summed E-state index contributed by atoms with van der Waals surface area (Å²) in [6.07, 6.45) is -1.88. The summed E-state index contributed by atoms with van der Waals surface area (Å²) in [4.78, 5) is 1.13. The van der Waals surface area contributed by atoms with Gasteiger partial charge in [0.15, 0.2) is 0 Å². The lowest BCUT2D eigenvalue weighted by atomic mass is 10.3. The predicted octanol–water partition coefficient (Wildman–Crippen LogP) is -0.985. The second-order valence-electron chi connectivity index (χ2n) is 4.20. The number of nitrogens with two attached hydrogens (primary N) is 1. The van der Waals surface area contributed by atoms with E-state index in [1.165, 1.54) is 17.0 Å². The predicted molar refractivity (Wildman–Crippen MR) is 62.0 cm³/mol. The second kappa shape index (κ2) is 4.47. The Hall–Kier alpha value is -1.22. The zero-order chi connectivity index (χ0) is 13.5. The molecule has 8 heteroatoms. The van der Waals surface area contributed by atoms with Crippen LogP contribution in [0.4, 0.5) is 10.1 Å².